The zero-order chi connectivity index (χ0) is 24.8. The lowest BCUT2D eigenvalue weighted by Gasteiger charge is -2.15. The third kappa shape index (κ3) is 6.50. The van der Waals surface area contributed by atoms with E-state index in [4.69, 9.17) is 25.8 Å². The van der Waals surface area contributed by atoms with Gasteiger partial charge in [-0.2, -0.15) is 0 Å². The summed E-state index contributed by atoms with van der Waals surface area (Å²) in [5, 5.41) is 3.96. The second-order valence-electron chi connectivity index (χ2n) is 8.59. The molecule has 0 radical (unpaired) electrons. The molecule has 0 unspecified atom stereocenters. The first-order valence-corrected chi connectivity index (χ1v) is 12.2. The Morgan fingerprint density at radius 3 is 2.66 bits per heavy atom. The predicted molar refractivity (Wildman–Crippen MR) is 135 cm³/mol. The van der Waals surface area contributed by atoms with E-state index in [1.807, 2.05) is 13.0 Å². The Balaban J connectivity index is 1.59. The molecule has 0 bridgehead atoms. The molecule has 35 heavy (non-hydrogen) atoms. The molecule has 1 fully saturated rings. The molecule has 2 aromatic carbocycles. The number of hydrogen-bond donors (Lipinski definition) is 1. The second-order valence-corrected chi connectivity index (χ2v) is 9.00. The van der Waals surface area contributed by atoms with Gasteiger partial charge in [-0.15, -0.1) is 0 Å². The van der Waals surface area contributed by atoms with Crippen LogP contribution in [-0.2, 0) is 16.0 Å². The minimum absolute atomic E-state index is 0.213. The van der Waals surface area contributed by atoms with E-state index in [0.717, 1.165) is 18.4 Å². The zero-order valence-corrected chi connectivity index (χ0v) is 20.7. The number of fused-ring (bicyclic) bond motifs is 1. The molecule has 0 aliphatic heterocycles. The van der Waals surface area contributed by atoms with E-state index in [1.165, 1.54) is 0 Å². The minimum atomic E-state index is -0.250. The van der Waals surface area contributed by atoms with Crippen molar-refractivity contribution >= 4 is 34.2 Å². The van der Waals surface area contributed by atoms with E-state index < -0.39 is 0 Å². The highest BCUT2D eigenvalue weighted by molar-refractivity contribution is 6.31. The summed E-state index contributed by atoms with van der Waals surface area (Å²) in [7, 11) is 1.59. The maximum atomic E-state index is 12.7. The van der Waals surface area contributed by atoms with Crippen molar-refractivity contribution in [2.24, 2.45) is 5.92 Å². The predicted octanol–water partition coefficient (Wildman–Crippen LogP) is 5.37. The third-order valence-electron chi connectivity index (χ3n) is 5.78. The standard InChI is InChI=1S/C27H29ClN2O5/c1-3-29-27(32)22-15-21-24(16-26(22)34-11-10-33-2)30-9-8-25(21)35-20-7-6-18(23(28)14-20)13-19(31)12-17-4-5-17/h6-9,14-17H,3-5,10-13H2,1-2H3,(H,29,32). The van der Waals surface area contributed by atoms with Gasteiger partial charge in [0.15, 0.2) is 0 Å². The van der Waals surface area contributed by atoms with Crippen LogP contribution in [-0.4, -0.2) is 43.5 Å². The first-order valence-electron chi connectivity index (χ1n) is 11.8. The van der Waals surface area contributed by atoms with Crippen molar-refractivity contribution in [3.63, 3.8) is 0 Å². The van der Waals surface area contributed by atoms with Crippen LogP contribution >= 0.6 is 11.6 Å². The molecule has 1 amide bonds. The molecule has 1 aliphatic carbocycles. The number of halogens is 1. The third-order valence-corrected chi connectivity index (χ3v) is 6.13. The van der Waals surface area contributed by atoms with Crippen LogP contribution in [0.1, 0.15) is 42.1 Å². The van der Waals surface area contributed by atoms with Crippen LogP contribution in [0.25, 0.3) is 10.9 Å². The Kier molecular flexibility index (Phi) is 8.21. The average Bonchev–Trinajstić information content (AvgIpc) is 3.65. The summed E-state index contributed by atoms with van der Waals surface area (Å²) in [6.45, 7) is 3.04. The van der Waals surface area contributed by atoms with Gasteiger partial charge in [-0.05, 0) is 55.5 Å². The number of amides is 1. The number of aromatic nitrogens is 1. The van der Waals surface area contributed by atoms with Crippen LogP contribution in [0.3, 0.4) is 0 Å². The van der Waals surface area contributed by atoms with Gasteiger partial charge in [0.1, 0.15) is 29.6 Å². The summed E-state index contributed by atoms with van der Waals surface area (Å²) in [6.07, 6.45) is 4.89. The highest BCUT2D eigenvalue weighted by Crippen LogP contribution is 2.36. The van der Waals surface area contributed by atoms with Gasteiger partial charge in [-0.1, -0.05) is 17.7 Å². The van der Waals surface area contributed by atoms with Crippen molar-refractivity contribution in [1.29, 1.82) is 0 Å². The van der Waals surface area contributed by atoms with Crippen LogP contribution in [0.4, 0.5) is 0 Å². The van der Waals surface area contributed by atoms with Gasteiger partial charge < -0.3 is 19.5 Å². The van der Waals surface area contributed by atoms with Gasteiger partial charge in [0.25, 0.3) is 5.91 Å². The van der Waals surface area contributed by atoms with Crippen molar-refractivity contribution in [2.45, 2.75) is 32.6 Å². The Morgan fingerprint density at radius 2 is 1.94 bits per heavy atom. The molecule has 1 N–H and O–H groups in total. The maximum Gasteiger partial charge on any atom is 0.255 e. The second kappa shape index (κ2) is 11.5. The van der Waals surface area contributed by atoms with E-state index >= 15 is 0 Å². The van der Waals surface area contributed by atoms with Crippen LogP contribution < -0.4 is 14.8 Å². The molecule has 0 spiro atoms. The zero-order valence-electron chi connectivity index (χ0n) is 19.9. The van der Waals surface area contributed by atoms with E-state index in [2.05, 4.69) is 10.3 Å². The summed E-state index contributed by atoms with van der Waals surface area (Å²) < 4.78 is 17.0. The lowest BCUT2D eigenvalue weighted by molar-refractivity contribution is -0.118. The average molecular weight is 497 g/mol. The van der Waals surface area contributed by atoms with Gasteiger partial charge in [-0.25, -0.2) is 0 Å². The summed E-state index contributed by atoms with van der Waals surface area (Å²) in [5.41, 5.74) is 1.80. The topological polar surface area (TPSA) is 86.8 Å². The van der Waals surface area contributed by atoms with Crippen molar-refractivity contribution in [1.82, 2.24) is 10.3 Å². The molecular weight excluding hydrogens is 468 g/mol. The highest BCUT2D eigenvalue weighted by atomic mass is 35.5. The maximum absolute atomic E-state index is 12.7. The first kappa shape index (κ1) is 24.9. The normalized spacial score (nSPS) is 13.0. The lowest BCUT2D eigenvalue weighted by atomic mass is 10.0. The molecule has 8 heteroatoms. The minimum Gasteiger partial charge on any atom is -0.490 e. The molecule has 1 aromatic heterocycles. The van der Waals surface area contributed by atoms with E-state index in [0.29, 0.717) is 77.3 Å². The van der Waals surface area contributed by atoms with Gasteiger partial charge in [0.05, 0.1) is 17.7 Å². The summed E-state index contributed by atoms with van der Waals surface area (Å²) in [5.74, 6) is 2.00. The number of methoxy groups -OCH3 is 1. The van der Waals surface area contributed by atoms with E-state index in [1.54, 1.807) is 43.6 Å². The molecule has 3 aromatic rings. The Hall–Kier alpha value is -3.16. The van der Waals surface area contributed by atoms with Crippen LogP contribution in [0.5, 0.6) is 17.2 Å². The molecule has 1 aliphatic rings. The summed E-state index contributed by atoms with van der Waals surface area (Å²) in [6, 6.07) is 10.5. The van der Waals surface area contributed by atoms with E-state index in [9.17, 15) is 9.59 Å². The van der Waals surface area contributed by atoms with Crippen molar-refractivity contribution in [3.05, 3.63) is 58.7 Å². The van der Waals surface area contributed by atoms with Crippen LogP contribution in [0, 0.1) is 5.92 Å². The monoisotopic (exact) mass is 496 g/mol. The summed E-state index contributed by atoms with van der Waals surface area (Å²) >= 11 is 6.47. The number of ketones is 1. The van der Waals surface area contributed by atoms with Gasteiger partial charge in [0.2, 0.25) is 0 Å². The number of pyridine rings is 1. The highest BCUT2D eigenvalue weighted by Gasteiger charge is 2.24. The fourth-order valence-electron chi connectivity index (χ4n) is 3.82. The fraction of sp³-hybridized carbons (Fsp3) is 0.370. The molecule has 7 nitrogen and oxygen atoms in total. The lowest BCUT2D eigenvalue weighted by Crippen LogP contribution is -2.23. The smallest absolute Gasteiger partial charge is 0.255 e. The largest absolute Gasteiger partial charge is 0.490 e. The number of Topliss-reactive ketones (excluding diaryl/α,β-unsaturated/α-hetero) is 1. The number of benzene rings is 2. The quantitative estimate of drug-likeness (QED) is 0.339. The molecule has 0 saturated heterocycles. The number of nitrogens with one attached hydrogen (secondary N) is 1. The summed E-state index contributed by atoms with van der Waals surface area (Å²) in [4.78, 5) is 29.4. The van der Waals surface area contributed by atoms with Gasteiger partial charge >= 0.3 is 0 Å². The molecular formula is C27H29ClN2O5. The van der Waals surface area contributed by atoms with E-state index in [-0.39, 0.29) is 11.7 Å². The van der Waals surface area contributed by atoms with Gasteiger partial charge in [0, 0.05) is 49.2 Å². The molecule has 184 valence electrons. The SMILES string of the molecule is CCNC(=O)c1cc2c(Oc3ccc(CC(=O)CC4CC4)c(Cl)c3)ccnc2cc1OCCOC. The molecule has 4 rings (SSSR count). The van der Waals surface area contributed by atoms with Crippen molar-refractivity contribution in [3.8, 4) is 17.2 Å². The Bertz CT molecular complexity index is 1230. The molecule has 0 atom stereocenters. The van der Waals surface area contributed by atoms with Gasteiger partial charge in [-0.3, -0.25) is 14.6 Å². The van der Waals surface area contributed by atoms with Crippen molar-refractivity contribution in [2.75, 3.05) is 26.9 Å². The first-order chi connectivity index (χ1) is 17.0. The number of nitrogens with zero attached hydrogens (tertiary/aromatic N) is 1. The van der Waals surface area contributed by atoms with Crippen molar-refractivity contribution < 1.29 is 23.8 Å². The number of hydrogen-bond acceptors (Lipinski definition) is 6. The molecule has 1 heterocycles. The Labute approximate surface area is 209 Å². The number of carbonyl (C=O) groups is 2. The molecule has 1 saturated carbocycles. The number of rotatable bonds is 12. The van der Waals surface area contributed by atoms with Crippen LogP contribution in [0.15, 0.2) is 42.6 Å². The Morgan fingerprint density at radius 1 is 1.11 bits per heavy atom. The number of carbonyl (C=O) groups excluding carboxylic acids is 2. The fourth-order valence-corrected chi connectivity index (χ4v) is 4.05. The van der Waals surface area contributed by atoms with Crippen LogP contribution in [0.2, 0.25) is 5.02 Å². The number of ether oxygens (including phenoxy) is 3.